The summed E-state index contributed by atoms with van der Waals surface area (Å²) in [5.41, 5.74) is -0.0472. The minimum absolute atomic E-state index is 0.174. The molecule has 2 aromatic rings. The van der Waals surface area contributed by atoms with Crippen LogP contribution < -0.4 is 14.8 Å². The van der Waals surface area contributed by atoms with E-state index in [0.29, 0.717) is 34.4 Å². The van der Waals surface area contributed by atoms with E-state index in [1.54, 1.807) is 6.07 Å². The number of aliphatic carboxylic acids is 1. The van der Waals surface area contributed by atoms with Crippen molar-refractivity contribution in [3.05, 3.63) is 29.3 Å². The smallest absolute Gasteiger partial charge is 0.305 e. The van der Waals surface area contributed by atoms with Gasteiger partial charge in [0.25, 0.3) is 5.91 Å². The van der Waals surface area contributed by atoms with Gasteiger partial charge >= 0.3 is 5.97 Å². The summed E-state index contributed by atoms with van der Waals surface area (Å²) >= 11 is 1.23. The van der Waals surface area contributed by atoms with Gasteiger partial charge in [-0.25, -0.2) is 4.98 Å². The summed E-state index contributed by atoms with van der Waals surface area (Å²) in [5, 5.41) is 12.6. The third kappa shape index (κ3) is 3.23. The van der Waals surface area contributed by atoms with E-state index in [1.165, 1.54) is 17.5 Å². The number of hydrogen-bond acceptors (Lipinski definition) is 7. The van der Waals surface area contributed by atoms with E-state index in [4.69, 9.17) is 19.3 Å². The number of carbonyl (C=O) groups excluding carboxylic acids is 1. The Kier molecular flexibility index (Phi) is 4.25. The Bertz CT molecular complexity index is 859. The first-order valence-corrected chi connectivity index (χ1v) is 8.84. The number of nitrogens with zero attached hydrogens (tertiary/aromatic N) is 1. The molecular weight excluding hydrogens is 360 g/mol. The molecule has 9 heteroatoms. The molecule has 0 aliphatic carbocycles. The Hall–Kier alpha value is -2.65. The molecule has 3 heterocycles. The summed E-state index contributed by atoms with van der Waals surface area (Å²) in [4.78, 5) is 28.4. The van der Waals surface area contributed by atoms with Gasteiger partial charge in [-0.05, 0) is 24.6 Å². The lowest BCUT2D eigenvalue weighted by Gasteiger charge is -2.26. The molecule has 1 fully saturated rings. The number of hydrogen-bond donors (Lipinski definition) is 2. The van der Waals surface area contributed by atoms with Crippen LogP contribution in [-0.2, 0) is 9.53 Å². The van der Waals surface area contributed by atoms with Crippen molar-refractivity contribution in [2.24, 2.45) is 0 Å². The Balaban J connectivity index is 1.52. The first-order chi connectivity index (χ1) is 12.5. The minimum atomic E-state index is -0.971. The van der Waals surface area contributed by atoms with Crippen LogP contribution in [0.4, 0.5) is 0 Å². The number of benzene rings is 1. The van der Waals surface area contributed by atoms with Crippen LogP contribution in [0, 0.1) is 0 Å². The molecule has 1 saturated heterocycles. The Morgan fingerprint density at radius 1 is 1.31 bits per heavy atom. The van der Waals surface area contributed by atoms with Gasteiger partial charge in [0.15, 0.2) is 11.5 Å². The van der Waals surface area contributed by atoms with E-state index >= 15 is 0 Å². The molecule has 1 aromatic heterocycles. The van der Waals surface area contributed by atoms with Gasteiger partial charge in [-0.15, -0.1) is 11.3 Å². The normalized spacial score (nSPS) is 20.9. The van der Waals surface area contributed by atoms with Crippen molar-refractivity contribution in [2.45, 2.75) is 18.4 Å². The lowest BCUT2D eigenvalue weighted by molar-refractivity contribution is -0.138. The van der Waals surface area contributed by atoms with Gasteiger partial charge in [-0.1, -0.05) is 0 Å². The SMILES string of the molecule is O=C(O)CC1(NC(=O)c2cnc(-c3ccc4c(c3)OCO4)s2)CCOC1. The van der Waals surface area contributed by atoms with Crippen molar-refractivity contribution in [3.8, 4) is 22.1 Å². The average Bonchev–Trinajstić information content (AvgIpc) is 3.34. The first-order valence-electron chi connectivity index (χ1n) is 8.03. The summed E-state index contributed by atoms with van der Waals surface area (Å²) in [6.07, 6.45) is 1.79. The number of carboxylic acid groups (broad SMARTS) is 1. The summed E-state index contributed by atoms with van der Waals surface area (Å²) < 4.78 is 15.9. The van der Waals surface area contributed by atoms with Gasteiger partial charge in [-0.3, -0.25) is 9.59 Å². The molecular formula is C17H16N2O6S. The zero-order chi connectivity index (χ0) is 18.1. The Morgan fingerprint density at radius 3 is 2.92 bits per heavy atom. The van der Waals surface area contributed by atoms with Gasteiger partial charge in [0, 0.05) is 12.2 Å². The monoisotopic (exact) mass is 376 g/mol. The fourth-order valence-electron chi connectivity index (χ4n) is 3.02. The van der Waals surface area contributed by atoms with Crippen molar-refractivity contribution >= 4 is 23.2 Å². The van der Waals surface area contributed by atoms with E-state index in [2.05, 4.69) is 10.3 Å². The Morgan fingerprint density at radius 2 is 2.15 bits per heavy atom. The third-order valence-electron chi connectivity index (χ3n) is 4.32. The highest BCUT2D eigenvalue weighted by Gasteiger charge is 2.39. The Labute approximate surface area is 152 Å². The first kappa shape index (κ1) is 16.8. The molecule has 8 nitrogen and oxygen atoms in total. The molecule has 1 amide bonds. The highest BCUT2D eigenvalue weighted by molar-refractivity contribution is 7.16. The van der Waals surface area contributed by atoms with Crippen molar-refractivity contribution in [1.82, 2.24) is 10.3 Å². The molecule has 1 aromatic carbocycles. The predicted molar refractivity (Wildman–Crippen MR) is 91.6 cm³/mol. The number of ether oxygens (including phenoxy) is 3. The van der Waals surface area contributed by atoms with Crippen molar-refractivity contribution < 1.29 is 28.9 Å². The highest BCUT2D eigenvalue weighted by atomic mass is 32.1. The third-order valence-corrected chi connectivity index (χ3v) is 5.37. The fourth-order valence-corrected chi connectivity index (χ4v) is 3.83. The van der Waals surface area contributed by atoms with E-state index in [0.717, 1.165) is 5.56 Å². The van der Waals surface area contributed by atoms with E-state index in [-0.39, 0.29) is 25.7 Å². The number of amides is 1. The number of carbonyl (C=O) groups is 2. The number of aromatic nitrogens is 1. The van der Waals surface area contributed by atoms with Crippen LogP contribution in [0.15, 0.2) is 24.4 Å². The molecule has 0 bridgehead atoms. The van der Waals surface area contributed by atoms with Crippen LogP contribution >= 0.6 is 11.3 Å². The second-order valence-electron chi connectivity index (χ2n) is 6.21. The van der Waals surface area contributed by atoms with Crippen LogP contribution in [-0.4, -0.2) is 47.5 Å². The summed E-state index contributed by atoms with van der Waals surface area (Å²) in [5.74, 6) is 0.00901. The van der Waals surface area contributed by atoms with Crippen molar-refractivity contribution in [1.29, 1.82) is 0 Å². The molecule has 2 N–H and O–H groups in total. The molecule has 1 atom stereocenters. The summed E-state index contributed by atoms with van der Waals surface area (Å²) in [6, 6.07) is 5.47. The van der Waals surface area contributed by atoms with Crippen LogP contribution in [0.1, 0.15) is 22.5 Å². The topological polar surface area (TPSA) is 107 Å². The maximum Gasteiger partial charge on any atom is 0.305 e. The van der Waals surface area contributed by atoms with Crippen molar-refractivity contribution in [3.63, 3.8) is 0 Å². The number of carboxylic acids is 1. The van der Waals surface area contributed by atoms with Crippen LogP contribution in [0.5, 0.6) is 11.5 Å². The van der Waals surface area contributed by atoms with Gasteiger partial charge in [0.2, 0.25) is 6.79 Å². The molecule has 1 unspecified atom stereocenters. The van der Waals surface area contributed by atoms with Gasteiger partial charge in [-0.2, -0.15) is 0 Å². The quantitative estimate of drug-likeness (QED) is 0.821. The molecule has 26 heavy (non-hydrogen) atoms. The molecule has 0 saturated carbocycles. The highest BCUT2D eigenvalue weighted by Crippen LogP contribution is 2.37. The number of fused-ring (bicyclic) bond motifs is 1. The standard InChI is InChI=1S/C17H16N2O6S/c20-14(21)6-17(3-4-23-8-17)19-15(22)13-7-18-16(26-13)10-1-2-11-12(5-10)25-9-24-11/h1-2,5,7H,3-4,6,8-9H2,(H,19,22)(H,20,21). The molecule has 4 rings (SSSR count). The number of rotatable bonds is 5. The van der Waals surface area contributed by atoms with Gasteiger partial charge in [0.1, 0.15) is 9.88 Å². The average molecular weight is 376 g/mol. The van der Waals surface area contributed by atoms with E-state index in [9.17, 15) is 9.59 Å². The largest absolute Gasteiger partial charge is 0.481 e. The van der Waals surface area contributed by atoms with E-state index in [1.807, 2.05) is 12.1 Å². The summed E-state index contributed by atoms with van der Waals surface area (Å²) in [6.45, 7) is 0.815. The molecule has 2 aliphatic rings. The van der Waals surface area contributed by atoms with E-state index < -0.39 is 11.5 Å². The maximum atomic E-state index is 12.6. The number of nitrogens with one attached hydrogen (secondary N) is 1. The minimum Gasteiger partial charge on any atom is -0.481 e. The van der Waals surface area contributed by atoms with Crippen molar-refractivity contribution in [2.75, 3.05) is 20.0 Å². The molecule has 2 aliphatic heterocycles. The summed E-state index contributed by atoms with van der Waals surface area (Å²) in [7, 11) is 0. The predicted octanol–water partition coefficient (Wildman–Crippen LogP) is 1.90. The van der Waals surface area contributed by atoms with Crippen LogP contribution in [0.3, 0.4) is 0 Å². The van der Waals surface area contributed by atoms with Gasteiger partial charge < -0.3 is 24.6 Å². The second-order valence-corrected chi connectivity index (χ2v) is 7.24. The lowest BCUT2D eigenvalue weighted by atomic mass is 9.94. The fraction of sp³-hybridized carbons (Fsp3) is 0.353. The molecule has 0 radical (unpaired) electrons. The zero-order valence-corrected chi connectivity index (χ0v) is 14.5. The van der Waals surface area contributed by atoms with Crippen LogP contribution in [0.25, 0.3) is 10.6 Å². The molecule has 0 spiro atoms. The van der Waals surface area contributed by atoms with Crippen LogP contribution in [0.2, 0.25) is 0 Å². The number of thiazole rings is 1. The molecule has 136 valence electrons. The lowest BCUT2D eigenvalue weighted by Crippen LogP contribution is -2.50. The van der Waals surface area contributed by atoms with Gasteiger partial charge in [0.05, 0.1) is 24.8 Å². The zero-order valence-electron chi connectivity index (χ0n) is 13.7. The maximum absolute atomic E-state index is 12.6. The second kappa shape index (κ2) is 6.58.